The van der Waals surface area contributed by atoms with Gasteiger partial charge in [0.15, 0.2) is 6.61 Å². The fourth-order valence-corrected chi connectivity index (χ4v) is 3.23. The van der Waals surface area contributed by atoms with Crippen LogP contribution < -0.4 is 20.7 Å². The van der Waals surface area contributed by atoms with Gasteiger partial charge in [-0.3, -0.25) is 14.4 Å². The third-order valence-corrected chi connectivity index (χ3v) is 5.12. The highest BCUT2D eigenvalue weighted by Gasteiger charge is 2.19. The van der Waals surface area contributed by atoms with E-state index in [1.807, 2.05) is 49.4 Å². The van der Waals surface area contributed by atoms with Crippen LogP contribution >= 0.6 is 0 Å². The Morgan fingerprint density at radius 1 is 0.882 bits per heavy atom. The summed E-state index contributed by atoms with van der Waals surface area (Å²) in [5.74, 6) is -0.818. The number of carbonyl (C=O) groups is 3. The average Bonchev–Trinajstić information content (AvgIpc) is 2.85. The number of ether oxygens (including phenoxy) is 1. The molecule has 0 aliphatic heterocycles. The van der Waals surface area contributed by atoms with E-state index in [9.17, 15) is 14.4 Å². The lowest BCUT2D eigenvalue weighted by Crippen LogP contribution is -2.45. The SMILES string of the molecule is Cc1ccc(NC(=O)COc2ccccc2C(=O)N[C@@H](C)C(=O)NCCc2ccccc2)cc1. The Labute approximate surface area is 199 Å². The van der Waals surface area contributed by atoms with Gasteiger partial charge in [-0.15, -0.1) is 0 Å². The lowest BCUT2D eigenvalue weighted by molar-refractivity contribution is -0.122. The number of amides is 3. The fourth-order valence-electron chi connectivity index (χ4n) is 3.23. The predicted octanol–water partition coefficient (Wildman–Crippen LogP) is 3.49. The van der Waals surface area contributed by atoms with Crippen molar-refractivity contribution in [3.63, 3.8) is 0 Å². The van der Waals surface area contributed by atoms with Crippen LogP contribution in [-0.4, -0.2) is 36.9 Å². The number of rotatable bonds is 10. The summed E-state index contributed by atoms with van der Waals surface area (Å²) >= 11 is 0. The van der Waals surface area contributed by atoms with Gasteiger partial charge < -0.3 is 20.7 Å². The lowest BCUT2D eigenvalue weighted by atomic mass is 10.1. The summed E-state index contributed by atoms with van der Waals surface area (Å²) in [4.78, 5) is 37.4. The molecule has 3 aromatic rings. The van der Waals surface area contributed by atoms with Gasteiger partial charge >= 0.3 is 0 Å². The summed E-state index contributed by atoms with van der Waals surface area (Å²) in [6, 6.07) is 23.1. The standard InChI is InChI=1S/C27H29N3O4/c1-19-12-14-22(15-13-19)30-25(31)18-34-24-11-7-6-10-23(24)27(33)29-20(2)26(32)28-17-16-21-8-4-3-5-9-21/h3-15,20H,16-18H2,1-2H3,(H,28,32)(H,29,33)(H,30,31)/t20-/m0/s1. The molecule has 3 rings (SSSR count). The second kappa shape index (κ2) is 12.2. The van der Waals surface area contributed by atoms with Crippen molar-refractivity contribution in [3.8, 4) is 5.75 Å². The summed E-state index contributed by atoms with van der Waals surface area (Å²) in [5.41, 5.74) is 3.12. The molecule has 0 radical (unpaired) electrons. The van der Waals surface area contributed by atoms with E-state index >= 15 is 0 Å². The summed E-state index contributed by atoms with van der Waals surface area (Å²) in [6.45, 7) is 3.80. The molecule has 176 valence electrons. The third kappa shape index (κ3) is 7.48. The summed E-state index contributed by atoms with van der Waals surface area (Å²) in [6.07, 6.45) is 0.703. The average molecular weight is 460 g/mol. The minimum atomic E-state index is -0.735. The van der Waals surface area contributed by atoms with Gasteiger partial charge in [0.05, 0.1) is 5.56 Å². The molecule has 0 aliphatic rings. The highest BCUT2D eigenvalue weighted by atomic mass is 16.5. The molecule has 7 nitrogen and oxygen atoms in total. The maximum Gasteiger partial charge on any atom is 0.262 e. The zero-order valence-electron chi connectivity index (χ0n) is 19.3. The van der Waals surface area contributed by atoms with Crippen molar-refractivity contribution < 1.29 is 19.1 Å². The van der Waals surface area contributed by atoms with E-state index in [2.05, 4.69) is 16.0 Å². The van der Waals surface area contributed by atoms with Crippen LogP contribution in [-0.2, 0) is 16.0 Å². The number of hydrogen-bond donors (Lipinski definition) is 3. The summed E-state index contributed by atoms with van der Waals surface area (Å²) < 4.78 is 5.60. The van der Waals surface area contributed by atoms with E-state index in [0.717, 1.165) is 11.1 Å². The third-order valence-electron chi connectivity index (χ3n) is 5.12. The van der Waals surface area contributed by atoms with Gasteiger partial charge in [0.2, 0.25) is 5.91 Å². The first-order chi connectivity index (χ1) is 16.4. The van der Waals surface area contributed by atoms with Gasteiger partial charge in [0.25, 0.3) is 11.8 Å². The van der Waals surface area contributed by atoms with Crippen LogP contribution in [0.5, 0.6) is 5.75 Å². The van der Waals surface area contributed by atoms with Crippen LogP contribution in [0.2, 0.25) is 0 Å². The van der Waals surface area contributed by atoms with Gasteiger partial charge in [-0.05, 0) is 50.1 Å². The van der Waals surface area contributed by atoms with Crippen molar-refractivity contribution in [2.24, 2.45) is 0 Å². The molecule has 0 aromatic heterocycles. The Kier molecular flexibility index (Phi) is 8.80. The van der Waals surface area contributed by atoms with Gasteiger partial charge in [0, 0.05) is 12.2 Å². The zero-order chi connectivity index (χ0) is 24.3. The van der Waals surface area contributed by atoms with E-state index in [0.29, 0.717) is 18.7 Å². The molecule has 7 heteroatoms. The minimum absolute atomic E-state index is 0.245. The topological polar surface area (TPSA) is 96.5 Å². The Bertz CT molecular complexity index is 1110. The molecule has 0 fully saturated rings. The van der Waals surface area contributed by atoms with Crippen molar-refractivity contribution >= 4 is 23.4 Å². The zero-order valence-corrected chi connectivity index (χ0v) is 19.3. The van der Waals surface area contributed by atoms with Crippen molar-refractivity contribution in [3.05, 3.63) is 95.6 Å². The first-order valence-electron chi connectivity index (χ1n) is 11.1. The Balaban J connectivity index is 1.50. The molecule has 3 aromatic carbocycles. The van der Waals surface area contributed by atoms with Crippen LogP contribution in [0.4, 0.5) is 5.69 Å². The van der Waals surface area contributed by atoms with Gasteiger partial charge in [-0.25, -0.2) is 0 Å². The summed E-state index contributed by atoms with van der Waals surface area (Å²) in [5, 5.41) is 8.27. The number of aryl methyl sites for hydroxylation is 1. The Morgan fingerprint density at radius 3 is 2.29 bits per heavy atom. The Morgan fingerprint density at radius 2 is 1.56 bits per heavy atom. The van der Waals surface area contributed by atoms with E-state index in [-0.39, 0.29) is 29.7 Å². The molecule has 3 N–H and O–H groups in total. The van der Waals surface area contributed by atoms with Crippen molar-refractivity contribution in [2.45, 2.75) is 26.3 Å². The smallest absolute Gasteiger partial charge is 0.262 e. The number of carbonyl (C=O) groups excluding carboxylic acids is 3. The molecule has 0 bridgehead atoms. The predicted molar refractivity (Wildman–Crippen MR) is 132 cm³/mol. The molecule has 0 aliphatic carbocycles. The minimum Gasteiger partial charge on any atom is -0.483 e. The maximum absolute atomic E-state index is 12.8. The maximum atomic E-state index is 12.8. The Hall–Kier alpha value is -4.13. The van der Waals surface area contributed by atoms with Gasteiger partial charge in [-0.1, -0.05) is 60.2 Å². The molecule has 34 heavy (non-hydrogen) atoms. The van der Waals surface area contributed by atoms with Crippen molar-refractivity contribution in [1.82, 2.24) is 10.6 Å². The van der Waals surface area contributed by atoms with Crippen molar-refractivity contribution in [1.29, 1.82) is 0 Å². The van der Waals surface area contributed by atoms with Crippen LogP contribution in [0.15, 0.2) is 78.9 Å². The van der Waals surface area contributed by atoms with Crippen LogP contribution in [0.1, 0.15) is 28.4 Å². The van der Waals surface area contributed by atoms with Crippen molar-refractivity contribution in [2.75, 3.05) is 18.5 Å². The normalized spacial score (nSPS) is 11.2. The molecular formula is C27H29N3O4. The molecule has 0 saturated carbocycles. The quantitative estimate of drug-likeness (QED) is 0.432. The monoisotopic (exact) mass is 459 g/mol. The number of anilines is 1. The fraction of sp³-hybridized carbons (Fsp3) is 0.222. The molecule has 0 spiro atoms. The second-order valence-electron chi connectivity index (χ2n) is 7.92. The van der Waals surface area contributed by atoms with E-state index < -0.39 is 11.9 Å². The van der Waals surface area contributed by atoms with Crippen LogP contribution in [0, 0.1) is 6.92 Å². The second-order valence-corrected chi connectivity index (χ2v) is 7.92. The van der Waals surface area contributed by atoms with E-state index in [1.165, 1.54) is 0 Å². The largest absolute Gasteiger partial charge is 0.483 e. The van der Waals surface area contributed by atoms with Crippen LogP contribution in [0.25, 0.3) is 0 Å². The number of nitrogens with one attached hydrogen (secondary N) is 3. The molecule has 0 unspecified atom stereocenters. The highest BCUT2D eigenvalue weighted by Crippen LogP contribution is 2.18. The summed E-state index contributed by atoms with van der Waals surface area (Å²) in [7, 11) is 0. The van der Waals surface area contributed by atoms with E-state index in [4.69, 9.17) is 4.74 Å². The molecule has 1 atom stereocenters. The van der Waals surface area contributed by atoms with Crippen LogP contribution in [0.3, 0.4) is 0 Å². The number of para-hydroxylation sites is 1. The number of hydrogen-bond acceptors (Lipinski definition) is 4. The highest BCUT2D eigenvalue weighted by molar-refractivity contribution is 5.99. The van der Waals surface area contributed by atoms with Gasteiger partial charge in [0.1, 0.15) is 11.8 Å². The molecule has 0 saturated heterocycles. The van der Waals surface area contributed by atoms with E-state index in [1.54, 1.807) is 43.3 Å². The first-order valence-corrected chi connectivity index (χ1v) is 11.1. The first kappa shape index (κ1) is 24.5. The lowest BCUT2D eigenvalue weighted by Gasteiger charge is -2.16. The number of benzene rings is 3. The van der Waals surface area contributed by atoms with Gasteiger partial charge in [-0.2, -0.15) is 0 Å². The molecule has 3 amide bonds. The molecule has 0 heterocycles. The molecular weight excluding hydrogens is 430 g/mol.